The average Bonchev–Trinajstić information content (AvgIpc) is 3.25. The molecule has 29 heavy (non-hydrogen) atoms. The number of ether oxygens (including phenoxy) is 2. The van der Waals surface area contributed by atoms with Crippen molar-refractivity contribution in [2.24, 2.45) is 5.73 Å². The standard InChI is InChI=1S/C22H22N2O5/c1-27-20-12-17(9-10-19(20)29-15-21(23)25)22(26)24(14-18-8-5-11-28-18)13-16-6-3-2-4-7-16/h2-12H,13-15H2,1H3,(H2,23,25). The van der Waals surface area contributed by atoms with Crippen molar-refractivity contribution >= 4 is 11.8 Å². The monoisotopic (exact) mass is 394 g/mol. The first-order chi connectivity index (χ1) is 14.1. The summed E-state index contributed by atoms with van der Waals surface area (Å²) in [6.07, 6.45) is 1.58. The number of hydrogen-bond acceptors (Lipinski definition) is 5. The third-order valence-corrected chi connectivity index (χ3v) is 4.21. The number of benzene rings is 2. The van der Waals surface area contributed by atoms with E-state index >= 15 is 0 Å². The predicted octanol–water partition coefficient (Wildman–Crippen LogP) is 2.99. The minimum atomic E-state index is -0.598. The van der Waals surface area contributed by atoms with Gasteiger partial charge < -0.3 is 24.5 Å². The molecule has 0 aliphatic rings. The number of primary amides is 1. The summed E-state index contributed by atoms with van der Waals surface area (Å²) >= 11 is 0. The van der Waals surface area contributed by atoms with E-state index in [0.29, 0.717) is 35.9 Å². The zero-order chi connectivity index (χ0) is 20.6. The van der Waals surface area contributed by atoms with Crippen LogP contribution in [-0.2, 0) is 17.9 Å². The normalized spacial score (nSPS) is 10.4. The number of carbonyl (C=O) groups excluding carboxylic acids is 2. The van der Waals surface area contributed by atoms with Crippen molar-refractivity contribution in [3.8, 4) is 11.5 Å². The predicted molar refractivity (Wildman–Crippen MR) is 106 cm³/mol. The molecule has 3 rings (SSSR count). The van der Waals surface area contributed by atoms with E-state index in [1.807, 2.05) is 36.4 Å². The third kappa shape index (κ3) is 5.38. The number of amides is 2. The van der Waals surface area contributed by atoms with Crippen molar-refractivity contribution in [1.29, 1.82) is 0 Å². The van der Waals surface area contributed by atoms with Crippen molar-refractivity contribution < 1.29 is 23.5 Å². The van der Waals surface area contributed by atoms with E-state index in [2.05, 4.69) is 0 Å². The molecule has 0 aliphatic heterocycles. The minimum Gasteiger partial charge on any atom is -0.493 e. The smallest absolute Gasteiger partial charge is 0.255 e. The van der Waals surface area contributed by atoms with Crippen LogP contribution in [0.3, 0.4) is 0 Å². The van der Waals surface area contributed by atoms with Gasteiger partial charge >= 0.3 is 0 Å². The molecule has 0 fully saturated rings. The Bertz CT molecular complexity index is 955. The molecule has 0 saturated heterocycles. The summed E-state index contributed by atoms with van der Waals surface area (Å²) in [6.45, 7) is 0.466. The van der Waals surface area contributed by atoms with Crippen LogP contribution < -0.4 is 15.2 Å². The van der Waals surface area contributed by atoms with Gasteiger partial charge in [-0.2, -0.15) is 0 Å². The summed E-state index contributed by atoms with van der Waals surface area (Å²) in [6, 6.07) is 18.1. The lowest BCUT2D eigenvalue weighted by atomic mass is 10.1. The minimum absolute atomic E-state index is 0.190. The quantitative estimate of drug-likeness (QED) is 0.602. The van der Waals surface area contributed by atoms with E-state index < -0.39 is 5.91 Å². The van der Waals surface area contributed by atoms with Gasteiger partial charge in [-0.15, -0.1) is 0 Å². The fourth-order valence-electron chi connectivity index (χ4n) is 2.85. The Morgan fingerprint density at radius 1 is 1.00 bits per heavy atom. The van der Waals surface area contributed by atoms with Crippen LogP contribution in [0.15, 0.2) is 71.3 Å². The molecule has 7 nitrogen and oxygen atoms in total. The molecule has 150 valence electrons. The van der Waals surface area contributed by atoms with Crippen LogP contribution in [0.25, 0.3) is 0 Å². The second-order valence-corrected chi connectivity index (χ2v) is 6.35. The first-order valence-electron chi connectivity index (χ1n) is 9.01. The molecule has 3 aromatic rings. The number of hydrogen-bond donors (Lipinski definition) is 1. The van der Waals surface area contributed by atoms with Crippen LogP contribution in [0.1, 0.15) is 21.7 Å². The molecule has 1 aromatic heterocycles. The highest BCUT2D eigenvalue weighted by Gasteiger charge is 2.20. The van der Waals surface area contributed by atoms with Gasteiger partial charge in [0.05, 0.1) is 19.9 Å². The summed E-state index contributed by atoms with van der Waals surface area (Å²) in [7, 11) is 1.46. The molecule has 7 heteroatoms. The lowest BCUT2D eigenvalue weighted by Gasteiger charge is -2.22. The van der Waals surface area contributed by atoms with Crippen molar-refractivity contribution in [2.45, 2.75) is 13.1 Å². The van der Waals surface area contributed by atoms with E-state index in [4.69, 9.17) is 19.6 Å². The maximum Gasteiger partial charge on any atom is 0.255 e. The molecule has 1 heterocycles. The molecule has 2 N–H and O–H groups in total. The molecule has 0 spiro atoms. The molecule has 2 amide bonds. The fourth-order valence-corrected chi connectivity index (χ4v) is 2.85. The average molecular weight is 394 g/mol. The van der Waals surface area contributed by atoms with Crippen molar-refractivity contribution in [1.82, 2.24) is 4.90 Å². The topological polar surface area (TPSA) is 95.0 Å². The second-order valence-electron chi connectivity index (χ2n) is 6.35. The highest BCUT2D eigenvalue weighted by molar-refractivity contribution is 5.95. The number of methoxy groups -OCH3 is 1. The van der Waals surface area contributed by atoms with E-state index in [0.717, 1.165) is 5.56 Å². The lowest BCUT2D eigenvalue weighted by molar-refractivity contribution is -0.119. The molecule has 0 unspecified atom stereocenters. The van der Waals surface area contributed by atoms with Crippen LogP contribution in [-0.4, -0.2) is 30.4 Å². The van der Waals surface area contributed by atoms with Crippen LogP contribution >= 0.6 is 0 Å². The van der Waals surface area contributed by atoms with Gasteiger partial charge in [-0.25, -0.2) is 0 Å². The van der Waals surface area contributed by atoms with Crippen LogP contribution in [0.5, 0.6) is 11.5 Å². The van der Waals surface area contributed by atoms with Gasteiger partial charge in [0.1, 0.15) is 5.76 Å². The van der Waals surface area contributed by atoms with Gasteiger partial charge in [0.15, 0.2) is 18.1 Å². The molecular formula is C22H22N2O5. The highest BCUT2D eigenvalue weighted by atomic mass is 16.5. The molecule has 0 aliphatic carbocycles. The van der Waals surface area contributed by atoms with Crippen LogP contribution in [0.4, 0.5) is 0 Å². The van der Waals surface area contributed by atoms with Gasteiger partial charge in [0.2, 0.25) is 0 Å². The Morgan fingerprint density at radius 3 is 2.45 bits per heavy atom. The summed E-state index contributed by atoms with van der Waals surface area (Å²) in [5, 5.41) is 0. The van der Waals surface area contributed by atoms with Gasteiger partial charge in [-0.05, 0) is 35.9 Å². The van der Waals surface area contributed by atoms with Crippen LogP contribution in [0, 0.1) is 0 Å². The van der Waals surface area contributed by atoms with Crippen molar-refractivity contribution in [3.05, 3.63) is 83.8 Å². The first-order valence-corrected chi connectivity index (χ1v) is 9.01. The lowest BCUT2D eigenvalue weighted by Crippen LogP contribution is -2.30. The summed E-state index contributed by atoms with van der Waals surface area (Å²) in [5.41, 5.74) is 6.54. The Balaban J connectivity index is 1.85. The number of rotatable bonds is 9. The molecule has 0 saturated carbocycles. The van der Waals surface area contributed by atoms with Crippen LogP contribution in [0.2, 0.25) is 0 Å². The SMILES string of the molecule is COc1cc(C(=O)N(Cc2ccccc2)Cc2ccco2)ccc1OCC(N)=O. The first kappa shape index (κ1) is 20.0. The Kier molecular flexibility index (Phi) is 6.52. The summed E-state index contributed by atoms with van der Waals surface area (Å²) in [4.78, 5) is 25.9. The number of nitrogens with two attached hydrogens (primary N) is 1. The van der Waals surface area contributed by atoms with Crippen molar-refractivity contribution in [2.75, 3.05) is 13.7 Å². The van der Waals surface area contributed by atoms with Gasteiger partial charge in [-0.1, -0.05) is 30.3 Å². The van der Waals surface area contributed by atoms with E-state index in [1.165, 1.54) is 7.11 Å². The number of nitrogens with zero attached hydrogens (tertiary/aromatic N) is 1. The summed E-state index contributed by atoms with van der Waals surface area (Å²) in [5.74, 6) is 0.575. The van der Waals surface area contributed by atoms with E-state index in [-0.39, 0.29) is 12.5 Å². The van der Waals surface area contributed by atoms with Gasteiger partial charge in [-0.3, -0.25) is 9.59 Å². The third-order valence-electron chi connectivity index (χ3n) is 4.21. The summed E-state index contributed by atoms with van der Waals surface area (Å²) < 4.78 is 16.1. The molecular weight excluding hydrogens is 372 g/mol. The van der Waals surface area contributed by atoms with Gasteiger partial charge in [0, 0.05) is 12.1 Å². The molecule has 0 bridgehead atoms. The maximum atomic E-state index is 13.2. The van der Waals surface area contributed by atoms with E-state index in [1.54, 1.807) is 35.4 Å². The Labute approximate surface area is 168 Å². The number of furan rings is 1. The van der Waals surface area contributed by atoms with Crippen molar-refractivity contribution in [3.63, 3.8) is 0 Å². The van der Waals surface area contributed by atoms with E-state index in [9.17, 15) is 9.59 Å². The molecule has 0 atom stereocenters. The second kappa shape index (κ2) is 9.45. The van der Waals surface area contributed by atoms with Gasteiger partial charge in [0.25, 0.3) is 11.8 Å². The molecule has 2 aromatic carbocycles. The fraction of sp³-hybridized carbons (Fsp3) is 0.182. The zero-order valence-electron chi connectivity index (χ0n) is 16.0. The highest BCUT2D eigenvalue weighted by Crippen LogP contribution is 2.29. The Morgan fingerprint density at radius 2 is 1.79 bits per heavy atom. The zero-order valence-corrected chi connectivity index (χ0v) is 16.0. The Hall–Kier alpha value is -3.74. The maximum absolute atomic E-state index is 13.2. The largest absolute Gasteiger partial charge is 0.493 e. The molecule has 0 radical (unpaired) electrons. The number of carbonyl (C=O) groups is 2.